The maximum absolute atomic E-state index is 12.3. The summed E-state index contributed by atoms with van der Waals surface area (Å²) in [4.78, 5) is 27.3. The molecule has 2 aromatic heterocycles. The van der Waals surface area contributed by atoms with E-state index in [9.17, 15) is 14.9 Å². The number of benzene rings is 2. The van der Waals surface area contributed by atoms with Gasteiger partial charge in [-0.1, -0.05) is 28.1 Å². The van der Waals surface area contributed by atoms with Crippen molar-refractivity contribution in [2.45, 2.75) is 0 Å². The first-order chi connectivity index (χ1) is 12.5. The number of hydrogen-bond acceptors (Lipinski definition) is 6. The van der Waals surface area contributed by atoms with Gasteiger partial charge in [-0.2, -0.15) is 0 Å². The van der Waals surface area contributed by atoms with Crippen molar-refractivity contribution in [1.29, 1.82) is 0 Å². The fraction of sp³-hybridized carbons (Fsp3) is 0. The molecule has 4 rings (SSSR count). The molecule has 2 aromatic carbocycles. The van der Waals surface area contributed by atoms with Crippen molar-refractivity contribution in [2.75, 3.05) is 0 Å². The molecule has 0 amide bonds. The monoisotopic (exact) mass is 428 g/mol. The number of hydrogen-bond donors (Lipinski definition) is 0. The summed E-state index contributed by atoms with van der Waals surface area (Å²) in [5.74, 6) is 0. The zero-order valence-electron chi connectivity index (χ0n) is 13.0. The van der Waals surface area contributed by atoms with Crippen molar-refractivity contribution in [1.82, 2.24) is 4.98 Å². The Morgan fingerprint density at radius 3 is 2.62 bits per heavy atom. The molecule has 0 aliphatic carbocycles. The molecule has 0 saturated heterocycles. The van der Waals surface area contributed by atoms with Crippen LogP contribution >= 0.6 is 27.3 Å². The summed E-state index contributed by atoms with van der Waals surface area (Å²) < 4.78 is 6.26. The fourth-order valence-electron chi connectivity index (χ4n) is 2.52. The average molecular weight is 429 g/mol. The van der Waals surface area contributed by atoms with Crippen LogP contribution in [0.15, 0.2) is 67.6 Å². The summed E-state index contributed by atoms with van der Waals surface area (Å²) in [5.41, 5.74) is 1.67. The molecule has 0 fully saturated rings. The number of fused-ring (bicyclic) bond motifs is 1. The van der Waals surface area contributed by atoms with Crippen LogP contribution in [0.4, 0.5) is 5.69 Å². The van der Waals surface area contributed by atoms with Gasteiger partial charge in [0.2, 0.25) is 0 Å². The van der Waals surface area contributed by atoms with Gasteiger partial charge in [0.15, 0.2) is 0 Å². The number of nitro benzene ring substituents is 1. The van der Waals surface area contributed by atoms with Gasteiger partial charge in [-0.25, -0.2) is 9.78 Å². The lowest BCUT2D eigenvalue weighted by atomic mass is 10.1. The first kappa shape index (κ1) is 16.6. The second-order valence-electron chi connectivity index (χ2n) is 5.47. The lowest BCUT2D eigenvalue weighted by Gasteiger charge is -2.00. The van der Waals surface area contributed by atoms with Gasteiger partial charge in [0.05, 0.1) is 16.2 Å². The molecule has 2 heterocycles. The zero-order valence-corrected chi connectivity index (χ0v) is 15.4. The third-order valence-corrected chi connectivity index (χ3v) is 5.21. The van der Waals surface area contributed by atoms with Crippen LogP contribution in [0.5, 0.6) is 0 Å². The Bertz CT molecular complexity index is 1200. The van der Waals surface area contributed by atoms with Gasteiger partial charge >= 0.3 is 5.63 Å². The topological polar surface area (TPSA) is 86.2 Å². The highest BCUT2D eigenvalue weighted by Gasteiger charge is 2.15. The van der Waals surface area contributed by atoms with Crippen LogP contribution in [0.2, 0.25) is 0 Å². The number of halogens is 1. The minimum atomic E-state index is -0.525. The molecule has 6 nitrogen and oxygen atoms in total. The molecule has 0 N–H and O–H groups in total. The SMILES string of the molecule is O=c1oc2ccc([N+](=O)[O-])cc2cc1-c1nc(-c2ccc(Br)cc2)cs1. The molecule has 0 saturated carbocycles. The summed E-state index contributed by atoms with van der Waals surface area (Å²) in [6.45, 7) is 0. The molecule has 0 atom stereocenters. The third-order valence-electron chi connectivity index (χ3n) is 3.80. The minimum absolute atomic E-state index is 0.0630. The lowest BCUT2D eigenvalue weighted by molar-refractivity contribution is -0.384. The molecule has 128 valence electrons. The van der Waals surface area contributed by atoms with E-state index < -0.39 is 10.5 Å². The quantitative estimate of drug-likeness (QED) is 0.252. The van der Waals surface area contributed by atoms with E-state index in [1.54, 1.807) is 6.07 Å². The van der Waals surface area contributed by atoms with Gasteiger partial charge in [-0.15, -0.1) is 11.3 Å². The fourth-order valence-corrected chi connectivity index (χ4v) is 3.62. The van der Waals surface area contributed by atoms with Crippen LogP contribution in [0.3, 0.4) is 0 Å². The van der Waals surface area contributed by atoms with E-state index in [4.69, 9.17) is 4.42 Å². The van der Waals surface area contributed by atoms with Crippen molar-refractivity contribution >= 4 is 43.9 Å². The number of aromatic nitrogens is 1. The number of nitro groups is 1. The van der Waals surface area contributed by atoms with E-state index in [1.807, 2.05) is 29.6 Å². The van der Waals surface area contributed by atoms with E-state index in [0.29, 0.717) is 16.0 Å². The van der Waals surface area contributed by atoms with Crippen LogP contribution in [-0.2, 0) is 0 Å². The Hall–Kier alpha value is -2.84. The number of nitrogens with zero attached hydrogens (tertiary/aromatic N) is 2. The van der Waals surface area contributed by atoms with Crippen molar-refractivity contribution < 1.29 is 9.34 Å². The van der Waals surface area contributed by atoms with E-state index >= 15 is 0 Å². The Labute approximate surface area is 159 Å². The van der Waals surface area contributed by atoms with Crippen LogP contribution < -0.4 is 5.63 Å². The first-order valence-corrected chi connectivity index (χ1v) is 9.13. The van der Waals surface area contributed by atoms with E-state index in [1.165, 1.54) is 29.5 Å². The van der Waals surface area contributed by atoms with Crippen molar-refractivity contribution in [3.63, 3.8) is 0 Å². The van der Waals surface area contributed by atoms with Gasteiger partial charge in [-0.05, 0) is 24.3 Å². The Morgan fingerprint density at radius 2 is 1.88 bits per heavy atom. The molecule has 4 aromatic rings. The smallest absolute Gasteiger partial charge is 0.346 e. The largest absolute Gasteiger partial charge is 0.422 e. The Kier molecular flexibility index (Phi) is 4.14. The molecular formula is C18H9BrN2O4S. The predicted octanol–water partition coefficient (Wildman–Crippen LogP) is 5.25. The zero-order chi connectivity index (χ0) is 18.3. The highest BCUT2D eigenvalue weighted by molar-refractivity contribution is 9.10. The maximum Gasteiger partial charge on any atom is 0.346 e. The molecule has 26 heavy (non-hydrogen) atoms. The molecule has 0 aliphatic rings. The second kappa shape index (κ2) is 6.47. The van der Waals surface area contributed by atoms with E-state index in [-0.39, 0.29) is 11.3 Å². The summed E-state index contributed by atoms with van der Waals surface area (Å²) in [5, 5.41) is 13.8. The third kappa shape index (κ3) is 3.04. The number of non-ortho nitro benzene ring substituents is 1. The number of rotatable bonds is 3. The highest BCUT2D eigenvalue weighted by Crippen LogP contribution is 2.30. The van der Waals surface area contributed by atoms with E-state index in [0.717, 1.165) is 15.7 Å². The second-order valence-corrected chi connectivity index (χ2v) is 7.25. The predicted molar refractivity (Wildman–Crippen MR) is 103 cm³/mol. The van der Waals surface area contributed by atoms with Gasteiger partial charge in [0.25, 0.3) is 5.69 Å². The van der Waals surface area contributed by atoms with Gasteiger partial charge in [0, 0.05) is 32.9 Å². The van der Waals surface area contributed by atoms with Gasteiger partial charge in [0.1, 0.15) is 10.6 Å². The van der Waals surface area contributed by atoms with Gasteiger partial charge < -0.3 is 4.42 Å². The Morgan fingerprint density at radius 1 is 1.12 bits per heavy atom. The molecule has 0 aliphatic heterocycles. The van der Waals surface area contributed by atoms with Crippen LogP contribution in [-0.4, -0.2) is 9.91 Å². The molecule has 0 bridgehead atoms. The van der Waals surface area contributed by atoms with E-state index in [2.05, 4.69) is 20.9 Å². The first-order valence-electron chi connectivity index (χ1n) is 7.45. The minimum Gasteiger partial charge on any atom is -0.422 e. The number of thiazole rings is 1. The summed E-state index contributed by atoms with van der Waals surface area (Å²) in [6, 6.07) is 13.4. The molecule has 0 unspecified atom stereocenters. The van der Waals surface area contributed by atoms with Crippen molar-refractivity contribution in [3.05, 3.63) is 78.9 Å². The normalized spacial score (nSPS) is 11.0. The molecular weight excluding hydrogens is 420 g/mol. The summed E-state index contributed by atoms with van der Waals surface area (Å²) in [7, 11) is 0. The van der Waals surface area contributed by atoms with Crippen LogP contribution in [0.1, 0.15) is 0 Å². The van der Waals surface area contributed by atoms with Crippen molar-refractivity contribution in [3.8, 4) is 21.8 Å². The molecule has 8 heteroatoms. The maximum atomic E-state index is 12.3. The Balaban J connectivity index is 1.81. The standard InChI is InChI=1S/C18H9BrN2O4S/c19-12-3-1-10(2-4-12)15-9-26-17(20-15)14-8-11-7-13(21(23)24)5-6-16(11)25-18(14)22/h1-9H. The summed E-state index contributed by atoms with van der Waals surface area (Å²) >= 11 is 4.71. The molecule has 0 radical (unpaired) electrons. The summed E-state index contributed by atoms with van der Waals surface area (Å²) in [6.07, 6.45) is 0. The van der Waals surface area contributed by atoms with Crippen molar-refractivity contribution in [2.24, 2.45) is 0 Å². The van der Waals surface area contributed by atoms with Gasteiger partial charge in [-0.3, -0.25) is 10.1 Å². The highest BCUT2D eigenvalue weighted by atomic mass is 79.9. The average Bonchev–Trinajstić information content (AvgIpc) is 3.11. The molecule has 0 spiro atoms. The van der Waals surface area contributed by atoms with Crippen LogP contribution in [0.25, 0.3) is 32.8 Å². The lowest BCUT2D eigenvalue weighted by Crippen LogP contribution is -2.02. The van der Waals surface area contributed by atoms with Crippen LogP contribution in [0, 0.1) is 10.1 Å².